The topological polar surface area (TPSA) is 52.9 Å². The van der Waals surface area contributed by atoms with Gasteiger partial charge in [-0.2, -0.15) is 0 Å². The van der Waals surface area contributed by atoms with Gasteiger partial charge < -0.3 is 19.8 Å². The molecule has 0 radical (unpaired) electrons. The molecule has 4 nitrogen and oxygen atoms in total. The highest BCUT2D eigenvalue weighted by Gasteiger charge is 2.39. The summed E-state index contributed by atoms with van der Waals surface area (Å²) in [6.07, 6.45) is 5.05. The summed E-state index contributed by atoms with van der Waals surface area (Å²) in [6, 6.07) is 14.5. The molecule has 0 unspecified atom stereocenters. The molecule has 0 bridgehead atoms. The van der Waals surface area contributed by atoms with Gasteiger partial charge >= 0.3 is 0 Å². The normalized spacial score (nSPS) is 26.1. The zero-order valence-electron chi connectivity index (χ0n) is 19.3. The lowest BCUT2D eigenvalue weighted by molar-refractivity contribution is -0.0786. The molecule has 4 rings (SSSR count). The molecule has 2 N–H and O–H groups in total. The molecule has 32 heavy (non-hydrogen) atoms. The van der Waals surface area contributed by atoms with E-state index >= 15 is 0 Å². The fraction of sp³-hybridized carbons (Fsp3) is 0.556. The van der Waals surface area contributed by atoms with Crippen LogP contribution in [0.5, 0.6) is 5.75 Å². The summed E-state index contributed by atoms with van der Waals surface area (Å²) in [5, 5.41) is 23.0. The maximum absolute atomic E-state index is 11.2. The van der Waals surface area contributed by atoms with Crippen LogP contribution < -0.4 is 4.74 Å². The van der Waals surface area contributed by atoms with Gasteiger partial charge in [-0.25, -0.2) is 0 Å². The van der Waals surface area contributed by atoms with Gasteiger partial charge in [0.25, 0.3) is 0 Å². The van der Waals surface area contributed by atoms with Crippen molar-refractivity contribution in [1.82, 2.24) is 4.90 Å². The quantitative estimate of drug-likeness (QED) is 0.621. The summed E-state index contributed by atoms with van der Waals surface area (Å²) in [4.78, 5) is 2.31. The van der Waals surface area contributed by atoms with Crippen LogP contribution in [0.3, 0.4) is 0 Å². The van der Waals surface area contributed by atoms with Gasteiger partial charge in [-0.1, -0.05) is 41.9 Å². The molecule has 1 aliphatic carbocycles. The largest absolute Gasteiger partial charge is 0.491 e. The van der Waals surface area contributed by atoms with E-state index in [0.717, 1.165) is 60.7 Å². The third kappa shape index (κ3) is 5.66. The first-order valence-corrected chi connectivity index (χ1v) is 12.2. The van der Waals surface area contributed by atoms with Gasteiger partial charge in [0.15, 0.2) is 0 Å². The van der Waals surface area contributed by atoms with Crippen molar-refractivity contribution in [3.8, 4) is 5.75 Å². The Balaban J connectivity index is 1.24. The molecule has 2 aromatic carbocycles. The number of aliphatic hydroxyl groups is 2. The fourth-order valence-electron chi connectivity index (χ4n) is 5.27. The monoisotopic (exact) mass is 457 g/mol. The van der Waals surface area contributed by atoms with Gasteiger partial charge in [0, 0.05) is 24.7 Å². The lowest BCUT2D eigenvalue weighted by Crippen LogP contribution is -2.52. The van der Waals surface area contributed by atoms with E-state index in [1.807, 2.05) is 26.0 Å². The van der Waals surface area contributed by atoms with Crippen molar-refractivity contribution >= 4 is 11.6 Å². The molecule has 1 saturated carbocycles. The third-order valence-electron chi connectivity index (χ3n) is 7.41. The predicted molar refractivity (Wildman–Crippen MR) is 130 cm³/mol. The maximum atomic E-state index is 11.2. The second-order valence-electron chi connectivity index (χ2n) is 10.1. The van der Waals surface area contributed by atoms with Crippen molar-refractivity contribution in [3.05, 3.63) is 64.2 Å². The van der Waals surface area contributed by atoms with Crippen molar-refractivity contribution in [2.75, 3.05) is 26.2 Å². The molecule has 0 atom stereocenters. The van der Waals surface area contributed by atoms with Crippen LogP contribution in [0.2, 0.25) is 5.02 Å². The highest BCUT2D eigenvalue weighted by Crippen LogP contribution is 2.39. The molecule has 0 aromatic heterocycles. The van der Waals surface area contributed by atoms with Gasteiger partial charge in [0.2, 0.25) is 0 Å². The molecular formula is C27H36ClNO3. The van der Waals surface area contributed by atoms with Crippen LogP contribution in [-0.2, 0) is 0 Å². The zero-order valence-corrected chi connectivity index (χ0v) is 20.1. The number of aryl methyl sites for hydroxylation is 2. The van der Waals surface area contributed by atoms with E-state index in [0.29, 0.717) is 25.3 Å². The molecule has 1 heterocycles. The lowest BCUT2D eigenvalue weighted by atomic mass is 9.75. The summed E-state index contributed by atoms with van der Waals surface area (Å²) in [5.41, 5.74) is 1.92. The van der Waals surface area contributed by atoms with E-state index < -0.39 is 11.2 Å². The number of nitrogens with zero attached hydrogens (tertiary/aromatic N) is 1. The first-order chi connectivity index (χ1) is 15.3. The van der Waals surface area contributed by atoms with Gasteiger partial charge in [-0.05, 0) is 87.1 Å². The van der Waals surface area contributed by atoms with Crippen molar-refractivity contribution in [1.29, 1.82) is 0 Å². The number of ether oxygens (including phenoxy) is 1. The first-order valence-electron chi connectivity index (χ1n) is 11.9. The predicted octanol–water partition coefficient (Wildman–Crippen LogP) is 5.25. The summed E-state index contributed by atoms with van der Waals surface area (Å²) in [5.74, 6) is 1.31. The molecule has 5 heteroatoms. The Kier molecular flexibility index (Phi) is 7.16. The van der Waals surface area contributed by atoms with Gasteiger partial charge in [0.05, 0.1) is 5.60 Å². The molecule has 174 valence electrons. The van der Waals surface area contributed by atoms with Crippen LogP contribution >= 0.6 is 11.6 Å². The minimum atomic E-state index is -0.828. The molecule has 2 aliphatic rings. The molecule has 2 fully saturated rings. The second-order valence-corrected chi connectivity index (χ2v) is 10.4. The van der Waals surface area contributed by atoms with Crippen LogP contribution in [0.25, 0.3) is 0 Å². The van der Waals surface area contributed by atoms with Crippen LogP contribution in [0, 0.1) is 13.8 Å². The Morgan fingerprint density at radius 1 is 0.938 bits per heavy atom. The first kappa shape index (κ1) is 23.6. The number of likely N-dealkylation sites (tertiary alicyclic amines) is 1. The van der Waals surface area contributed by atoms with Crippen LogP contribution in [0.15, 0.2) is 42.5 Å². The standard InChI is InChI=1S/C27H36ClNO3/c1-20-16-24(17-21(2)25(20)28)32-19-27(31)12-14-29(15-13-27)18-26(30)10-8-23(9-11-26)22-6-4-3-5-7-22/h3-7,16-17,23,30-31H,8-15,18-19H2,1-2H3. The molecule has 1 saturated heterocycles. The van der Waals surface area contributed by atoms with Crippen molar-refractivity contribution in [3.63, 3.8) is 0 Å². The van der Waals surface area contributed by atoms with E-state index in [2.05, 4.69) is 35.2 Å². The Labute approximate surface area is 197 Å². The molecule has 1 aliphatic heterocycles. The van der Waals surface area contributed by atoms with Crippen molar-refractivity contribution in [2.24, 2.45) is 0 Å². The molecular weight excluding hydrogens is 422 g/mol. The van der Waals surface area contributed by atoms with Crippen LogP contribution in [-0.4, -0.2) is 52.6 Å². The lowest BCUT2D eigenvalue weighted by Gasteiger charge is -2.43. The number of piperidine rings is 1. The number of hydrogen-bond donors (Lipinski definition) is 2. The molecule has 0 spiro atoms. The maximum Gasteiger partial charge on any atom is 0.120 e. The number of rotatable bonds is 6. The smallest absolute Gasteiger partial charge is 0.120 e. The van der Waals surface area contributed by atoms with Crippen LogP contribution in [0.1, 0.15) is 61.1 Å². The second kappa shape index (κ2) is 9.72. The fourth-order valence-corrected chi connectivity index (χ4v) is 5.38. The highest BCUT2D eigenvalue weighted by molar-refractivity contribution is 6.32. The third-order valence-corrected chi connectivity index (χ3v) is 8.01. The van der Waals surface area contributed by atoms with Gasteiger partial charge in [0.1, 0.15) is 18.0 Å². The summed E-state index contributed by atoms with van der Waals surface area (Å²) < 4.78 is 5.95. The van der Waals surface area contributed by atoms with E-state index in [1.165, 1.54) is 5.56 Å². The average Bonchev–Trinajstić information content (AvgIpc) is 2.79. The van der Waals surface area contributed by atoms with E-state index in [9.17, 15) is 10.2 Å². The molecule has 0 amide bonds. The van der Waals surface area contributed by atoms with Gasteiger partial charge in [-0.3, -0.25) is 0 Å². The number of hydrogen-bond acceptors (Lipinski definition) is 4. The minimum absolute atomic E-state index is 0.282. The van der Waals surface area contributed by atoms with Gasteiger partial charge in [-0.15, -0.1) is 0 Å². The Bertz CT molecular complexity index is 877. The number of β-amino-alcohol motifs (C(OH)–C–C–N with tert-alkyl or cyclic N) is 1. The molecule has 2 aromatic rings. The zero-order chi connectivity index (χ0) is 22.8. The van der Waals surface area contributed by atoms with Crippen molar-refractivity contribution in [2.45, 2.75) is 69.5 Å². The Morgan fingerprint density at radius 2 is 1.53 bits per heavy atom. The number of halogens is 1. The summed E-state index contributed by atoms with van der Waals surface area (Å²) >= 11 is 6.24. The SMILES string of the molecule is Cc1cc(OCC2(O)CCN(CC3(O)CCC(c4ccccc4)CC3)CC2)cc(C)c1Cl. The Hall–Kier alpha value is -1.59. The van der Waals surface area contributed by atoms with Crippen LogP contribution in [0.4, 0.5) is 0 Å². The summed E-state index contributed by atoms with van der Waals surface area (Å²) in [6.45, 7) is 6.47. The highest BCUT2D eigenvalue weighted by atomic mass is 35.5. The van der Waals surface area contributed by atoms with E-state index in [4.69, 9.17) is 16.3 Å². The summed E-state index contributed by atoms with van der Waals surface area (Å²) in [7, 11) is 0. The minimum Gasteiger partial charge on any atom is -0.491 e. The van der Waals surface area contributed by atoms with E-state index in [-0.39, 0.29) is 6.61 Å². The number of benzene rings is 2. The average molecular weight is 458 g/mol. The van der Waals surface area contributed by atoms with Crippen molar-refractivity contribution < 1.29 is 14.9 Å². The Morgan fingerprint density at radius 3 is 2.12 bits per heavy atom. The van der Waals surface area contributed by atoms with E-state index in [1.54, 1.807) is 0 Å².